The fourth-order valence-electron chi connectivity index (χ4n) is 3.25. The van der Waals surface area contributed by atoms with Crippen LogP contribution in [-0.4, -0.2) is 63.3 Å². The maximum absolute atomic E-state index is 12.2. The molecule has 1 heterocycles. The maximum Gasteiger partial charge on any atom is 0.213 e. The first-order valence-electron chi connectivity index (χ1n) is 10.1. The molecule has 1 aromatic rings. The minimum absolute atomic E-state index is 0.0330. The van der Waals surface area contributed by atoms with Gasteiger partial charge in [-0.05, 0) is 32.3 Å². The van der Waals surface area contributed by atoms with E-state index in [0.717, 1.165) is 25.2 Å². The molecule has 1 aromatic carbocycles. The van der Waals surface area contributed by atoms with Crippen LogP contribution in [0.3, 0.4) is 0 Å². The molecule has 1 aliphatic rings. The third kappa shape index (κ3) is 7.41. The summed E-state index contributed by atoms with van der Waals surface area (Å²) in [7, 11) is -3.37. The summed E-state index contributed by atoms with van der Waals surface area (Å²) < 4.78 is 27.1. The van der Waals surface area contributed by atoms with E-state index in [1.54, 1.807) is 0 Å². The lowest BCUT2D eigenvalue weighted by Gasteiger charge is -2.22. The molecule has 1 saturated heterocycles. The second-order valence-electron chi connectivity index (χ2n) is 7.66. The van der Waals surface area contributed by atoms with Crippen molar-refractivity contribution in [1.29, 1.82) is 0 Å². The summed E-state index contributed by atoms with van der Waals surface area (Å²) in [6, 6.07) is 10.3. The number of nitrogens with zero attached hydrogens (tertiary/aromatic N) is 2. The number of likely N-dealkylation sites (tertiary alicyclic amines) is 1. The highest BCUT2D eigenvalue weighted by Gasteiger charge is 2.31. The lowest BCUT2D eigenvalue weighted by molar-refractivity contribution is 0.265. The number of rotatable bonds is 9. The largest absolute Gasteiger partial charge is 0.357 e. The van der Waals surface area contributed by atoms with Crippen molar-refractivity contribution in [2.24, 2.45) is 10.9 Å². The molecule has 2 rings (SSSR count). The van der Waals surface area contributed by atoms with Gasteiger partial charge in [0.05, 0.1) is 12.3 Å². The lowest BCUT2D eigenvalue weighted by atomic mass is 10.1. The molecule has 7 nitrogen and oxygen atoms in total. The van der Waals surface area contributed by atoms with E-state index in [1.165, 1.54) is 0 Å². The van der Waals surface area contributed by atoms with Crippen molar-refractivity contribution in [3.63, 3.8) is 0 Å². The number of benzene rings is 1. The van der Waals surface area contributed by atoms with Gasteiger partial charge < -0.3 is 10.6 Å². The molecule has 0 amide bonds. The van der Waals surface area contributed by atoms with Crippen LogP contribution >= 0.6 is 0 Å². The van der Waals surface area contributed by atoms with Crippen molar-refractivity contribution in [3.05, 3.63) is 35.9 Å². The normalized spacial score (nSPS) is 21.2. The molecule has 0 bridgehead atoms. The van der Waals surface area contributed by atoms with Crippen molar-refractivity contribution in [2.45, 2.75) is 46.3 Å². The zero-order valence-electron chi connectivity index (χ0n) is 17.5. The topological polar surface area (TPSA) is 85.8 Å². The first kappa shape index (κ1) is 22.6. The Bertz CT molecular complexity index is 721. The number of aliphatic imine (C=N–C) groups is 1. The zero-order chi connectivity index (χ0) is 20.6. The number of hydrogen-bond acceptors (Lipinski definition) is 4. The summed E-state index contributed by atoms with van der Waals surface area (Å²) in [5, 5.41) is 6.70. The molecule has 1 fully saturated rings. The standard InChI is InChI=1S/C20H35N5O2S/c1-5-21-20(24-19-15-25(16(2)3)14-17(19)4)22-11-12-28(26,27)23-13-18-9-7-6-8-10-18/h6-10,16-17,19,23H,5,11-15H2,1-4H3,(H2,21,22,24). The number of hydrogen-bond donors (Lipinski definition) is 3. The van der Waals surface area contributed by atoms with Gasteiger partial charge in [-0.15, -0.1) is 0 Å². The van der Waals surface area contributed by atoms with Crippen LogP contribution in [0.25, 0.3) is 0 Å². The molecule has 0 spiro atoms. The van der Waals surface area contributed by atoms with Gasteiger partial charge in [-0.1, -0.05) is 37.3 Å². The van der Waals surface area contributed by atoms with Crippen LogP contribution in [0.2, 0.25) is 0 Å². The molecule has 8 heteroatoms. The number of sulfonamides is 1. The number of guanidine groups is 1. The third-order valence-corrected chi connectivity index (χ3v) is 6.31. The Balaban J connectivity index is 1.86. The highest BCUT2D eigenvalue weighted by Crippen LogP contribution is 2.18. The third-order valence-electron chi connectivity index (χ3n) is 5.01. The average Bonchev–Trinajstić information content (AvgIpc) is 3.02. The maximum atomic E-state index is 12.2. The quantitative estimate of drug-likeness (QED) is 0.424. The van der Waals surface area contributed by atoms with E-state index in [9.17, 15) is 8.42 Å². The molecule has 0 aromatic heterocycles. The molecule has 0 saturated carbocycles. The van der Waals surface area contributed by atoms with Gasteiger partial charge in [0.15, 0.2) is 5.96 Å². The summed E-state index contributed by atoms with van der Waals surface area (Å²) in [6.45, 7) is 12.0. The summed E-state index contributed by atoms with van der Waals surface area (Å²) in [6.07, 6.45) is 0. The van der Waals surface area contributed by atoms with Crippen molar-refractivity contribution >= 4 is 16.0 Å². The van der Waals surface area contributed by atoms with Crippen LogP contribution in [0.4, 0.5) is 0 Å². The van der Waals surface area contributed by atoms with Crippen molar-refractivity contribution in [3.8, 4) is 0 Å². The van der Waals surface area contributed by atoms with Gasteiger partial charge in [-0.25, -0.2) is 13.1 Å². The van der Waals surface area contributed by atoms with Gasteiger partial charge in [-0.3, -0.25) is 9.89 Å². The summed E-state index contributed by atoms with van der Waals surface area (Å²) in [4.78, 5) is 6.93. The lowest BCUT2D eigenvalue weighted by Crippen LogP contribution is -2.47. The van der Waals surface area contributed by atoms with Crippen LogP contribution < -0.4 is 15.4 Å². The van der Waals surface area contributed by atoms with Crippen LogP contribution in [-0.2, 0) is 16.6 Å². The van der Waals surface area contributed by atoms with E-state index in [-0.39, 0.29) is 12.3 Å². The molecular formula is C20H35N5O2S. The fourth-order valence-corrected chi connectivity index (χ4v) is 4.11. The molecule has 0 radical (unpaired) electrons. The van der Waals surface area contributed by atoms with Gasteiger partial charge in [0, 0.05) is 38.3 Å². The predicted molar refractivity (Wildman–Crippen MR) is 116 cm³/mol. The van der Waals surface area contributed by atoms with Crippen LogP contribution in [0, 0.1) is 5.92 Å². The average molecular weight is 410 g/mol. The smallest absolute Gasteiger partial charge is 0.213 e. The van der Waals surface area contributed by atoms with Crippen molar-refractivity contribution in [1.82, 2.24) is 20.3 Å². The first-order chi connectivity index (χ1) is 13.3. The van der Waals surface area contributed by atoms with Gasteiger partial charge in [0.25, 0.3) is 0 Å². The Morgan fingerprint density at radius 1 is 1.25 bits per heavy atom. The molecule has 0 aliphatic carbocycles. The molecule has 28 heavy (non-hydrogen) atoms. The SMILES string of the molecule is CCNC(=NCCS(=O)(=O)NCc1ccccc1)NC1CN(C(C)C)CC1C. The van der Waals surface area contributed by atoms with Gasteiger partial charge in [0.2, 0.25) is 10.0 Å². The van der Waals surface area contributed by atoms with Crippen LogP contribution in [0.15, 0.2) is 35.3 Å². The van der Waals surface area contributed by atoms with Gasteiger partial charge in [0.1, 0.15) is 0 Å². The number of nitrogens with one attached hydrogen (secondary N) is 3. The van der Waals surface area contributed by atoms with Gasteiger partial charge in [-0.2, -0.15) is 0 Å². The summed E-state index contributed by atoms with van der Waals surface area (Å²) in [5.74, 6) is 1.17. The zero-order valence-corrected chi connectivity index (χ0v) is 18.3. The van der Waals surface area contributed by atoms with E-state index in [2.05, 4.69) is 46.0 Å². The van der Waals surface area contributed by atoms with E-state index < -0.39 is 10.0 Å². The second-order valence-corrected chi connectivity index (χ2v) is 9.59. The Labute approximate surface area is 170 Å². The minimum atomic E-state index is -3.37. The summed E-state index contributed by atoms with van der Waals surface area (Å²) >= 11 is 0. The monoisotopic (exact) mass is 409 g/mol. The van der Waals surface area contributed by atoms with E-state index in [4.69, 9.17) is 0 Å². The van der Waals surface area contributed by atoms with Crippen molar-refractivity contribution < 1.29 is 8.42 Å². The Hall–Kier alpha value is -1.64. The molecular weight excluding hydrogens is 374 g/mol. The molecule has 2 atom stereocenters. The van der Waals surface area contributed by atoms with Crippen LogP contribution in [0.1, 0.15) is 33.3 Å². The Morgan fingerprint density at radius 2 is 1.96 bits per heavy atom. The van der Waals surface area contributed by atoms with Crippen molar-refractivity contribution in [2.75, 3.05) is 31.9 Å². The van der Waals surface area contributed by atoms with E-state index >= 15 is 0 Å². The Kier molecular flexibility index (Phi) is 8.72. The summed E-state index contributed by atoms with van der Waals surface area (Å²) in [5.41, 5.74) is 0.939. The first-order valence-corrected chi connectivity index (χ1v) is 11.8. The van der Waals surface area contributed by atoms with E-state index in [0.29, 0.717) is 30.5 Å². The fraction of sp³-hybridized carbons (Fsp3) is 0.650. The highest BCUT2D eigenvalue weighted by molar-refractivity contribution is 7.89. The molecule has 2 unspecified atom stereocenters. The second kappa shape index (κ2) is 10.8. The molecule has 158 valence electrons. The molecule has 1 aliphatic heterocycles. The highest BCUT2D eigenvalue weighted by atomic mass is 32.2. The Morgan fingerprint density at radius 3 is 2.57 bits per heavy atom. The van der Waals surface area contributed by atoms with Crippen LogP contribution in [0.5, 0.6) is 0 Å². The molecule has 3 N–H and O–H groups in total. The van der Waals surface area contributed by atoms with E-state index in [1.807, 2.05) is 37.3 Å². The van der Waals surface area contributed by atoms with Gasteiger partial charge >= 0.3 is 0 Å². The predicted octanol–water partition coefficient (Wildman–Crippen LogP) is 1.39. The minimum Gasteiger partial charge on any atom is -0.357 e.